The van der Waals surface area contributed by atoms with Gasteiger partial charge in [0.2, 0.25) is 0 Å². The van der Waals surface area contributed by atoms with Crippen LogP contribution in [0.5, 0.6) is 0 Å². The molecule has 1 unspecified atom stereocenters. The molecule has 21 heavy (non-hydrogen) atoms. The number of nitrogens with zero attached hydrogens (tertiary/aromatic N) is 1. The van der Waals surface area contributed by atoms with Gasteiger partial charge >= 0.3 is 0 Å². The van der Waals surface area contributed by atoms with E-state index in [0.717, 1.165) is 0 Å². The van der Waals surface area contributed by atoms with Crippen LogP contribution in [0.25, 0.3) is 0 Å². The topological polar surface area (TPSA) is 111 Å². The zero-order valence-corrected chi connectivity index (χ0v) is 11.4. The summed E-state index contributed by atoms with van der Waals surface area (Å²) < 4.78 is 0. The smallest absolute Gasteiger partial charge is 0.286 e. The van der Waals surface area contributed by atoms with Gasteiger partial charge in [-0.25, -0.2) is 4.99 Å². The first-order valence-corrected chi connectivity index (χ1v) is 6.66. The number of carbonyl (C=O) groups is 2. The first kappa shape index (κ1) is 15.1. The van der Waals surface area contributed by atoms with E-state index in [1.807, 2.05) is 0 Å². The molecule has 0 spiro atoms. The van der Waals surface area contributed by atoms with E-state index < -0.39 is 17.7 Å². The van der Waals surface area contributed by atoms with Crippen molar-refractivity contribution in [3.8, 4) is 0 Å². The molecule has 2 amide bonds. The lowest BCUT2D eigenvalue weighted by atomic mass is 9.90. The van der Waals surface area contributed by atoms with Crippen LogP contribution in [0.2, 0.25) is 0 Å². The Hall–Kier alpha value is -2.25. The van der Waals surface area contributed by atoms with Crippen molar-refractivity contribution in [2.75, 3.05) is 26.2 Å². The van der Waals surface area contributed by atoms with Crippen molar-refractivity contribution in [1.82, 2.24) is 10.6 Å². The Balaban J connectivity index is 2.01. The quantitative estimate of drug-likeness (QED) is 0.379. The first-order chi connectivity index (χ1) is 10.1. The summed E-state index contributed by atoms with van der Waals surface area (Å²) in [5.74, 6) is -2.19. The molecule has 1 aliphatic heterocycles. The molecule has 1 heterocycles. The minimum Gasteiger partial charge on any atom is -0.510 e. The zero-order valence-electron chi connectivity index (χ0n) is 11.4. The van der Waals surface area contributed by atoms with E-state index >= 15 is 0 Å². The molecule has 0 bridgehead atoms. The highest BCUT2D eigenvalue weighted by atomic mass is 16.3. The normalized spacial score (nSPS) is 20.3. The molecule has 0 saturated carbocycles. The molecular formula is C14H17N3O4. The molecule has 0 radical (unpaired) electrons. The molecular weight excluding hydrogens is 274 g/mol. The molecule has 0 aromatic rings. The van der Waals surface area contributed by atoms with Crippen molar-refractivity contribution in [1.29, 1.82) is 0 Å². The van der Waals surface area contributed by atoms with Gasteiger partial charge in [-0.05, 0) is 6.08 Å². The number of aliphatic hydroxyl groups is 2. The Morgan fingerprint density at radius 2 is 2.10 bits per heavy atom. The minimum absolute atomic E-state index is 0.0113. The molecule has 112 valence electrons. The Morgan fingerprint density at radius 1 is 1.29 bits per heavy atom. The molecule has 7 heteroatoms. The van der Waals surface area contributed by atoms with Crippen molar-refractivity contribution >= 4 is 17.5 Å². The number of allylic oxidation sites excluding steroid dienone is 4. The van der Waals surface area contributed by atoms with E-state index in [-0.39, 0.29) is 24.5 Å². The SMILES string of the molecule is O=C1N=C2C=CC=CC2C(O)=C1C(=O)NCCNCCO. The van der Waals surface area contributed by atoms with Gasteiger partial charge in [0.25, 0.3) is 11.8 Å². The highest BCUT2D eigenvalue weighted by Crippen LogP contribution is 2.25. The molecule has 2 rings (SSSR count). The van der Waals surface area contributed by atoms with Crippen LogP contribution in [0.3, 0.4) is 0 Å². The van der Waals surface area contributed by atoms with Crippen molar-refractivity contribution in [3.05, 3.63) is 35.6 Å². The maximum atomic E-state index is 12.0. The van der Waals surface area contributed by atoms with E-state index in [9.17, 15) is 14.7 Å². The third-order valence-electron chi connectivity index (χ3n) is 3.10. The van der Waals surface area contributed by atoms with E-state index in [1.165, 1.54) is 0 Å². The second-order valence-corrected chi connectivity index (χ2v) is 4.55. The van der Waals surface area contributed by atoms with Crippen molar-refractivity contribution in [3.63, 3.8) is 0 Å². The van der Waals surface area contributed by atoms with Gasteiger partial charge in [-0.3, -0.25) is 9.59 Å². The van der Waals surface area contributed by atoms with Crippen LogP contribution in [0, 0.1) is 5.92 Å². The second-order valence-electron chi connectivity index (χ2n) is 4.55. The molecule has 1 aliphatic carbocycles. The van der Waals surface area contributed by atoms with Crippen LogP contribution in [-0.2, 0) is 9.59 Å². The zero-order chi connectivity index (χ0) is 15.2. The fourth-order valence-corrected chi connectivity index (χ4v) is 2.08. The fraction of sp³-hybridized carbons (Fsp3) is 0.357. The summed E-state index contributed by atoms with van der Waals surface area (Å²) >= 11 is 0. The number of dihydropyridines is 1. The van der Waals surface area contributed by atoms with E-state index in [1.54, 1.807) is 24.3 Å². The van der Waals surface area contributed by atoms with Crippen LogP contribution < -0.4 is 10.6 Å². The highest BCUT2D eigenvalue weighted by Gasteiger charge is 2.33. The summed E-state index contributed by atoms with van der Waals surface area (Å²) in [5, 5.41) is 24.1. The van der Waals surface area contributed by atoms with Crippen molar-refractivity contribution in [2.45, 2.75) is 0 Å². The van der Waals surface area contributed by atoms with Crippen LogP contribution in [0.1, 0.15) is 0 Å². The number of rotatable bonds is 6. The molecule has 7 nitrogen and oxygen atoms in total. The van der Waals surface area contributed by atoms with Gasteiger partial charge in [0.05, 0.1) is 18.2 Å². The molecule has 2 aliphatic rings. The number of carbonyl (C=O) groups excluding carboxylic acids is 2. The largest absolute Gasteiger partial charge is 0.510 e. The maximum absolute atomic E-state index is 12.0. The number of aliphatic imine (C=N–C) groups is 1. The van der Waals surface area contributed by atoms with Gasteiger partial charge in [0.15, 0.2) is 0 Å². The van der Waals surface area contributed by atoms with Gasteiger partial charge in [0.1, 0.15) is 11.3 Å². The lowest BCUT2D eigenvalue weighted by Crippen LogP contribution is -2.37. The predicted molar refractivity (Wildman–Crippen MR) is 76.8 cm³/mol. The standard InChI is InChI=1S/C14H17N3O4/c18-8-7-15-5-6-16-13(20)11-12(19)9-3-1-2-4-10(9)17-14(11)21/h1-4,9,15,18-19H,5-8H2,(H,16,20). The number of hydrogen-bond donors (Lipinski definition) is 4. The third kappa shape index (κ3) is 3.45. The van der Waals surface area contributed by atoms with E-state index in [4.69, 9.17) is 5.11 Å². The van der Waals surface area contributed by atoms with E-state index in [0.29, 0.717) is 18.8 Å². The van der Waals surface area contributed by atoms with E-state index in [2.05, 4.69) is 15.6 Å². The third-order valence-corrected chi connectivity index (χ3v) is 3.10. The van der Waals surface area contributed by atoms with Crippen LogP contribution in [0.4, 0.5) is 0 Å². The summed E-state index contributed by atoms with van der Waals surface area (Å²) in [7, 11) is 0. The lowest BCUT2D eigenvalue weighted by molar-refractivity contribution is -0.122. The Kier molecular flexibility index (Phi) is 5.02. The number of hydrogen-bond acceptors (Lipinski definition) is 5. The fourth-order valence-electron chi connectivity index (χ4n) is 2.08. The summed E-state index contributed by atoms with van der Waals surface area (Å²) in [6, 6.07) is 0. The number of nitrogens with one attached hydrogen (secondary N) is 2. The summed E-state index contributed by atoms with van der Waals surface area (Å²) in [6.07, 6.45) is 6.75. The predicted octanol–water partition coefficient (Wildman–Crippen LogP) is -0.780. The van der Waals surface area contributed by atoms with Gasteiger partial charge in [-0.2, -0.15) is 0 Å². The Labute approximate surface area is 121 Å². The van der Waals surface area contributed by atoms with Crippen molar-refractivity contribution < 1.29 is 19.8 Å². The monoisotopic (exact) mass is 291 g/mol. The van der Waals surface area contributed by atoms with Gasteiger partial charge in [-0.15, -0.1) is 0 Å². The first-order valence-electron chi connectivity index (χ1n) is 6.66. The molecule has 0 aromatic heterocycles. The van der Waals surface area contributed by atoms with Gasteiger partial charge in [0, 0.05) is 19.6 Å². The molecule has 0 aromatic carbocycles. The number of fused-ring (bicyclic) bond motifs is 1. The average molecular weight is 291 g/mol. The summed E-state index contributed by atoms with van der Waals surface area (Å²) in [5.41, 5.74) is 0.118. The molecule has 0 fully saturated rings. The second kappa shape index (κ2) is 6.96. The summed E-state index contributed by atoms with van der Waals surface area (Å²) in [6.45, 7) is 1.17. The summed E-state index contributed by atoms with van der Waals surface area (Å²) in [4.78, 5) is 27.7. The van der Waals surface area contributed by atoms with Crippen LogP contribution in [0.15, 0.2) is 40.6 Å². The lowest BCUT2D eigenvalue weighted by Gasteiger charge is -2.21. The van der Waals surface area contributed by atoms with Crippen molar-refractivity contribution in [2.24, 2.45) is 10.9 Å². The number of amides is 2. The van der Waals surface area contributed by atoms with Crippen LogP contribution >= 0.6 is 0 Å². The molecule has 0 saturated heterocycles. The number of aliphatic hydroxyl groups excluding tert-OH is 2. The average Bonchev–Trinajstić information content (AvgIpc) is 2.47. The highest BCUT2D eigenvalue weighted by molar-refractivity contribution is 6.25. The van der Waals surface area contributed by atoms with Crippen LogP contribution in [-0.4, -0.2) is 54.0 Å². The maximum Gasteiger partial charge on any atom is 0.286 e. The Morgan fingerprint density at radius 3 is 2.86 bits per heavy atom. The van der Waals surface area contributed by atoms with Gasteiger partial charge < -0.3 is 20.8 Å². The molecule has 1 atom stereocenters. The molecule has 4 N–H and O–H groups in total. The van der Waals surface area contributed by atoms with Gasteiger partial charge in [-0.1, -0.05) is 18.2 Å². The Bertz CT molecular complexity index is 561. The minimum atomic E-state index is -0.737.